The fourth-order valence-corrected chi connectivity index (χ4v) is 3.04. The van der Waals surface area contributed by atoms with Gasteiger partial charge in [0.05, 0.1) is 12.3 Å². The fourth-order valence-electron chi connectivity index (χ4n) is 3.04. The summed E-state index contributed by atoms with van der Waals surface area (Å²) in [5.41, 5.74) is 1.50. The molecule has 0 amide bonds. The van der Waals surface area contributed by atoms with Crippen molar-refractivity contribution < 1.29 is 24.5 Å². The third-order valence-corrected chi connectivity index (χ3v) is 4.16. The van der Waals surface area contributed by atoms with E-state index in [0.717, 1.165) is 0 Å². The first-order chi connectivity index (χ1) is 11.9. The third-order valence-electron chi connectivity index (χ3n) is 4.16. The molecule has 0 aliphatic rings. The molecule has 136 valence electrons. The molecular formula is C18H24N2O5. The van der Waals surface area contributed by atoms with E-state index in [2.05, 4.69) is 4.98 Å². The highest BCUT2D eigenvalue weighted by atomic mass is 16.5. The Morgan fingerprint density at radius 2 is 2.08 bits per heavy atom. The lowest BCUT2D eigenvalue weighted by Gasteiger charge is -2.18. The molecule has 0 fully saturated rings. The van der Waals surface area contributed by atoms with Crippen molar-refractivity contribution in [3.05, 3.63) is 29.7 Å². The molecular weight excluding hydrogens is 324 g/mol. The quantitative estimate of drug-likeness (QED) is 0.675. The van der Waals surface area contributed by atoms with Crippen LogP contribution in [-0.4, -0.2) is 44.1 Å². The first-order valence-corrected chi connectivity index (χ1v) is 8.45. The molecule has 0 bridgehead atoms. The third kappa shape index (κ3) is 3.99. The molecule has 7 nitrogen and oxygen atoms in total. The van der Waals surface area contributed by atoms with Crippen LogP contribution in [0.5, 0.6) is 5.75 Å². The summed E-state index contributed by atoms with van der Waals surface area (Å²) in [5, 5.41) is 18.9. The van der Waals surface area contributed by atoms with Gasteiger partial charge in [0.1, 0.15) is 5.69 Å². The number of ketones is 1. The number of aliphatic hydroxyl groups is 1. The number of carbonyl (C=O) groups is 2. The largest absolute Gasteiger partial charge is 0.490 e. The number of carboxylic acids is 1. The molecule has 2 atom stereocenters. The average molecular weight is 348 g/mol. The number of nitrogens with zero attached hydrogens (tertiary/aromatic N) is 2. The summed E-state index contributed by atoms with van der Waals surface area (Å²) < 4.78 is 7.21. The van der Waals surface area contributed by atoms with Crippen molar-refractivity contribution in [3.63, 3.8) is 0 Å². The van der Waals surface area contributed by atoms with Crippen LogP contribution in [0, 0.1) is 12.8 Å². The molecule has 2 aromatic rings. The molecule has 2 N–H and O–H groups in total. The van der Waals surface area contributed by atoms with Gasteiger partial charge in [-0.15, -0.1) is 0 Å². The molecule has 7 heteroatoms. The summed E-state index contributed by atoms with van der Waals surface area (Å²) in [6, 6.07) is 3.55. The molecule has 25 heavy (non-hydrogen) atoms. The van der Waals surface area contributed by atoms with E-state index in [4.69, 9.17) is 9.84 Å². The molecule has 2 heterocycles. The summed E-state index contributed by atoms with van der Waals surface area (Å²) in [4.78, 5) is 28.3. The predicted octanol–water partition coefficient (Wildman–Crippen LogP) is 2.48. The van der Waals surface area contributed by atoms with E-state index in [1.165, 1.54) is 0 Å². The molecule has 0 spiro atoms. The molecule has 0 radical (unpaired) electrons. The van der Waals surface area contributed by atoms with Gasteiger partial charge in [0.2, 0.25) is 0 Å². The van der Waals surface area contributed by atoms with Crippen molar-refractivity contribution >= 4 is 17.4 Å². The van der Waals surface area contributed by atoms with Crippen LogP contribution in [0.4, 0.5) is 0 Å². The van der Waals surface area contributed by atoms with Crippen LogP contribution in [0.1, 0.15) is 49.3 Å². The summed E-state index contributed by atoms with van der Waals surface area (Å²) in [6.07, 6.45) is 1.27. The van der Waals surface area contributed by atoms with Crippen LogP contribution in [0.25, 0.3) is 5.65 Å². The Morgan fingerprint density at radius 3 is 2.68 bits per heavy atom. The Morgan fingerprint density at radius 1 is 1.36 bits per heavy atom. The molecule has 2 aromatic heterocycles. The van der Waals surface area contributed by atoms with E-state index in [9.17, 15) is 14.7 Å². The average Bonchev–Trinajstić information content (AvgIpc) is 2.91. The summed E-state index contributed by atoms with van der Waals surface area (Å²) >= 11 is 0. The number of rotatable bonds is 9. The summed E-state index contributed by atoms with van der Waals surface area (Å²) in [6.45, 7) is 5.98. The van der Waals surface area contributed by atoms with Gasteiger partial charge in [-0.2, -0.15) is 0 Å². The van der Waals surface area contributed by atoms with Crippen LogP contribution < -0.4 is 4.74 Å². The lowest BCUT2D eigenvalue weighted by molar-refractivity contribution is -0.149. The predicted molar refractivity (Wildman–Crippen MR) is 92.1 cm³/mol. The number of carbonyl (C=O) groups excluding carboxylic acids is 1. The minimum Gasteiger partial charge on any atom is -0.490 e. The van der Waals surface area contributed by atoms with Crippen molar-refractivity contribution in [2.24, 2.45) is 5.92 Å². The summed E-state index contributed by atoms with van der Waals surface area (Å²) in [7, 11) is 0. The maximum atomic E-state index is 12.8. The molecule has 0 saturated carbocycles. The lowest BCUT2D eigenvalue weighted by Crippen LogP contribution is -2.31. The Hall–Kier alpha value is -2.41. The van der Waals surface area contributed by atoms with Gasteiger partial charge in [-0.1, -0.05) is 13.3 Å². The van der Waals surface area contributed by atoms with Gasteiger partial charge in [0.25, 0.3) is 0 Å². The van der Waals surface area contributed by atoms with Gasteiger partial charge < -0.3 is 14.9 Å². The zero-order valence-electron chi connectivity index (χ0n) is 14.7. The van der Waals surface area contributed by atoms with Crippen molar-refractivity contribution in [2.45, 2.75) is 46.1 Å². The second-order valence-electron chi connectivity index (χ2n) is 6.00. The summed E-state index contributed by atoms with van der Waals surface area (Å²) in [5.74, 6) is -1.59. The second-order valence-corrected chi connectivity index (χ2v) is 6.00. The zero-order valence-corrected chi connectivity index (χ0v) is 14.7. The van der Waals surface area contributed by atoms with Crippen LogP contribution in [0.3, 0.4) is 0 Å². The van der Waals surface area contributed by atoms with Crippen LogP contribution in [-0.2, 0) is 4.79 Å². The maximum absolute atomic E-state index is 12.8. The Bertz CT molecular complexity index is 768. The Labute approximate surface area is 146 Å². The van der Waals surface area contributed by atoms with Crippen molar-refractivity contribution in [1.82, 2.24) is 9.38 Å². The van der Waals surface area contributed by atoms with Crippen molar-refractivity contribution in [3.8, 4) is 5.75 Å². The highest BCUT2D eigenvalue weighted by molar-refractivity contribution is 5.97. The minimum absolute atomic E-state index is 0.0468. The van der Waals surface area contributed by atoms with Gasteiger partial charge in [0, 0.05) is 18.5 Å². The van der Waals surface area contributed by atoms with Gasteiger partial charge >= 0.3 is 5.97 Å². The van der Waals surface area contributed by atoms with Crippen LogP contribution in [0.15, 0.2) is 18.3 Å². The van der Waals surface area contributed by atoms with Gasteiger partial charge in [-0.05, 0) is 32.4 Å². The number of fused-ring (bicyclic) bond motifs is 1. The standard InChI is InChI=1S/C18H24N2O5/c1-4-7-12(16(22)18(23)24)10-13(21)15-11(3)19-17-14(25-5-2)8-6-9-20(15)17/h6,8-9,12,16,22H,4-5,7,10H2,1-3H3,(H,23,24)/t12-,16+/m1/s1. The highest BCUT2D eigenvalue weighted by Gasteiger charge is 2.29. The number of hydrogen-bond acceptors (Lipinski definition) is 5. The number of pyridine rings is 1. The number of hydrogen-bond donors (Lipinski definition) is 2. The lowest BCUT2D eigenvalue weighted by atomic mass is 9.90. The Balaban J connectivity index is 2.37. The Kier molecular flexibility index (Phi) is 6.14. The zero-order chi connectivity index (χ0) is 18.6. The van der Waals surface area contributed by atoms with Gasteiger partial charge in [-0.25, -0.2) is 9.78 Å². The second kappa shape index (κ2) is 8.11. The van der Waals surface area contributed by atoms with Crippen LogP contribution in [0.2, 0.25) is 0 Å². The molecule has 0 unspecified atom stereocenters. The number of aryl methyl sites for hydroxylation is 1. The molecule has 0 saturated heterocycles. The minimum atomic E-state index is -1.55. The number of Topliss-reactive ketones (excluding diaryl/α,β-unsaturated/α-hetero) is 1. The van der Waals surface area contributed by atoms with Gasteiger partial charge in [-0.3, -0.25) is 9.20 Å². The van der Waals surface area contributed by atoms with Crippen LogP contribution >= 0.6 is 0 Å². The maximum Gasteiger partial charge on any atom is 0.332 e. The van der Waals surface area contributed by atoms with Crippen molar-refractivity contribution in [1.29, 1.82) is 0 Å². The number of carboxylic acid groups (broad SMARTS) is 1. The van der Waals surface area contributed by atoms with E-state index in [-0.39, 0.29) is 12.2 Å². The fraction of sp³-hybridized carbons (Fsp3) is 0.500. The molecule has 0 aliphatic carbocycles. The highest BCUT2D eigenvalue weighted by Crippen LogP contribution is 2.25. The number of aliphatic hydroxyl groups excluding tert-OH is 1. The monoisotopic (exact) mass is 348 g/mol. The number of aliphatic carboxylic acids is 1. The van der Waals surface area contributed by atoms with E-state index >= 15 is 0 Å². The topological polar surface area (TPSA) is 101 Å². The molecule has 0 aliphatic heterocycles. The van der Waals surface area contributed by atoms with E-state index in [1.54, 1.807) is 29.7 Å². The first-order valence-electron chi connectivity index (χ1n) is 8.45. The van der Waals surface area contributed by atoms with Gasteiger partial charge in [0.15, 0.2) is 23.3 Å². The number of aromatic nitrogens is 2. The first kappa shape index (κ1) is 18.9. The molecule has 0 aromatic carbocycles. The number of imidazole rings is 1. The van der Waals surface area contributed by atoms with E-state index in [0.29, 0.717) is 42.2 Å². The van der Waals surface area contributed by atoms with Crippen molar-refractivity contribution in [2.75, 3.05) is 6.61 Å². The van der Waals surface area contributed by atoms with E-state index < -0.39 is 18.0 Å². The number of ether oxygens (including phenoxy) is 1. The molecule has 2 rings (SSSR count). The smallest absolute Gasteiger partial charge is 0.332 e. The normalized spacial score (nSPS) is 13.6. The SMILES string of the molecule is CCC[C@H](CC(=O)c1c(C)nc2c(OCC)cccn12)[C@H](O)C(=O)O. The van der Waals surface area contributed by atoms with E-state index in [1.807, 2.05) is 13.8 Å².